The zero-order valence-corrected chi connectivity index (χ0v) is 13.1. The molecular formula is C15H29N3O2. The fourth-order valence-corrected chi connectivity index (χ4v) is 4.10. The van der Waals surface area contributed by atoms with Crippen LogP contribution in [0, 0.1) is 0 Å². The third-order valence-corrected chi connectivity index (χ3v) is 5.40. The van der Waals surface area contributed by atoms with Crippen LogP contribution in [0.2, 0.25) is 0 Å². The quantitative estimate of drug-likeness (QED) is 0.817. The van der Waals surface area contributed by atoms with Crippen molar-refractivity contribution in [1.82, 2.24) is 15.1 Å². The topological polar surface area (TPSA) is 37.0 Å². The van der Waals surface area contributed by atoms with E-state index in [1.54, 1.807) is 0 Å². The summed E-state index contributed by atoms with van der Waals surface area (Å²) in [7, 11) is 6.47. The number of nitrogens with one attached hydrogen (secondary N) is 1. The summed E-state index contributed by atoms with van der Waals surface area (Å²) in [5.41, 5.74) is 0. The minimum atomic E-state index is -0.284. The number of ether oxygens (including phenoxy) is 2. The van der Waals surface area contributed by atoms with Crippen LogP contribution < -0.4 is 5.32 Å². The molecule has 1 aliphatic carbocycles. The molecule has 1 spiro atoms. The molecule has 3 aliphatic rings. The average molecular weight is 283 g/mol. The lowest BCUT2D eigenvalue weighted by Gasteiger charge is -2.45. The van der Waals surface area contributed by atoms with Crippen LogP contribution >= 0.6 is 0 Å². The Labute approximate surface area is 122 Å². The molecule has 3 atom stereocenters. The van der Waals surface area contributed by atoms with Gasteiger partial charge in [-0.1, -0.05) is 0 Å². The highest BCUT2D eigenvalue weighted by Gasteiger charge is 2.47. The number of nitrogens with zero attached hydrogens (tertiary/aromatic N) is 2. The smallest absolute Gasteiger partial charge is 0.170 e. The molecule has 0 amide bonds. The molecule has 1 saturated carbocycles. The number of likely N-dealkylation sites (tertiary alicyclic amines) is 1. The number of rotatable bonds is 3. The molecule has 3 fully saturated rings. The summed E-state index contributed by atoms with van der Waals surface area (Å²) in [4.78, 5) is 5.01. The second-order valence-electron chi connectivity index (χ2n) is 6.71. The highest BCUT2D eigenvalue weighted by Crippen LogP contribution is 2.38. The molecule has 5 nitrogen and oxygen atoms in total. The van der Waals surface area contributed by atoms with Crippen LogP contribution in [-0.2, 0) is 9.47 Å². The van der Waals surface area contributed by atoms with Gasteiger partial charge in [0.05, 0.1) is 13.2 Å². The van der Waals surface area contributed by atoms with E-state index < -0.39 is 0 Å². The van der Waals surface area contributed by atoms with Crippen LogP contribution in [0.3, 0.4) is 0 Å². The zero-order chi connectivity index (χ0) is 14.2. The maximum Gasteiger partial charge on any atom is 0.170 e. The molecule has 5 heteroatoms. The Balaban J connectivity index is 1.68. The molecule has 0 radical (unpaired) electrons. The van der Waals surface area contributed by atoms with Crippen molar-refractivity contribution in [3.8, 4) is 0 Å². The molecule has 3 unspecified atom stereocenters. The van der Waals surface area contributed by atoms with Crippen molar-refractivity contribution in [3.05, 3.63) is 0 Å². The van der Waals surface area contributed by atoms with E-state index in [1.165, 1.54) is 19.5 Å². The van der Waals surface area contributed by atoms with Gasteiger partial charge >= 0.3 is 0 Å². The minimum absolute atomic E-state index is 0.284. The van der Waals surface area contributed by atoms with E-state index in [9.17, 15) is 0 Å². The molecule has 0 aromatic heterocycles. The van der Waals surface area contributed by atoms with Gasteiger partial charge in [0.1, 0.15) is 0 Å². The maximum absolute atomic E-state index is 5.95. The summed E-state index contributed by atoms with van der Waals surface area (Å²) in [6, 6.07) is 1.79. The van der Waals surface area contributed by atoms with Crippen molar-refractivity contribution in [3.63, 3.8) is 0 Å². The molecule has 20 heavy (non-hydrogen) atoms. The fourth-order valence-electron chi connectivity index (χ4n) is 4.10. The summed E-state index contributed by atoms with van der Waals surface area (Å²) in [5.74, 6) is -0.284. The van der Waals surface area contributed by atoms with Crippen molar-refractivity contribution in [1.29, 1.82) is 0 Å². The second kappa shape index (κ2) is 5.89. The van der Waals surface area contributed by atoms with Gasteiger partial charge < -0.3 is 19.7 Å². The number of hydrogen-bond donors (Lipinski definition) is 1. The van der Waals surface area contributed by atoms with E-state index >= 15 is 0 Å². The van der Waals surface area contributed by atoms with Gasteiger partial charge in [-0.2, -0.15) is 0 Å². The lowest BCUT2D eigenvalue weighted by molar-refractivity contribution is -0.192. The summed E-state index contributed by atoms with van der Waals surface area (Å²) in [5, 5.41) is 3.51. The van der Waals surface area contributed by atoms with Crippen molar-refractivity contribution in [2.24, 2.45) is 0 Å². The van der Waals surface area contributed by atoms with Gasteiger partial charge in [-0.05, 0) is 34.0 Å². The predicted molar refractivity (Wildman–Crippen MR) is 78.8 cm³/mol. The predicted octanol–water partition coefficient (Wildman–Crippen LogP) is 0.506. The first-order chi connectivity index (χ1) is 9.63. The van der Waals surface area contributed by atoms with Crippen molar-refractivity contribution < 1.29 is 9.47 Å². The second-order valence-corrected chi connectivity index (χ2v) is 6.71. The Bertz CT molecular complexity index is 331. The molecule has 1 N–H and O–H groups in total. The fraction of sp³-hybridized carbons (Fsp3) is 1.00. The molecule has 2 heterocycles. The van der Waals surface area contributed by atoms with Gasteiger partial charge in [0.25, 0.3) is 0 Å². The average Bonchev–Trinajstić information content (AvgIpc) is 3.08. The van der Waals surface area contributed by atoms with Crippen LogP contribution in [0.4, 0.5) is 0 Å². The molecule has 116 valence electrons. The SMILES string of the molecule is CNC1CCC2(CC1N1CCC(N(C)C)C1)OCCO2. The molecule has 0 aromatic carbocycles. The lowest BCUT2D eigenvalue weighted by atomic mass is 9.84. The Morgan fingerprint density at radius 3 is 2.55 bits per heavy atom. The molecule has 2 aliphatic heterocycles. The molecular weight excluding hydrogens is 254 g/mol. The van der Waals surface area contributed by atoms with Gasteiger partial charge in [-0.3, -0.25) is 4.90 Å². The van der Waals surface area contributed by atoms with E-state index in [4.69, 9.17) is 9.47 Å². The van der Waals surface area contributed by atoms with E-state index in [1.807, 2.05) is 0 Å². The summed E-state index contributed by atoms with van der Waals surface area (Å²) >= 11 is 0. The maximum atomic E-state index is 5.95. The summed E-state index contributed by atoms with van der Waals surface area (Å²) in [6.07, 6.45) is 4.46. The first-order valence-electron chi connectivity index (χ1n) is 7.99. The number of likely N-dealkylation sites (N-methyl/N-ethyl adjacent to an activating group) is 2. The van der Waals surface area contributed by atoms with Crippen molar-refractivity contribution in [2.75, 3.05) is 47.4 Å². The van der Waals surface area contributed by atoms with Gasteiger partial charge in [0.2, 0.25) is 0 Å². The van der Waals surface area contributed by atoms with Gasteiger partial charge in [0, 0.05) is 44.1 Å². The summed E-state index contributed by atoms with van der Waals surface area (Å²) in [6.45, 7) is 3.89. The van der Waals surface area contributed by atoms with Crippen LogP contribution in [0.5, 0.6) is 0 Å². The lowest BCUT2D eigenvalue weighted by Crippen LogP contribution is -2.57. The van der Waals surface area contributed by atoms with Crippen molar-refractivity contribution >= 4 is 0 Å². The third-order valence-electron chi connectivity index (χ3n) is 5.40. The normalized spacial score (nSPS) is 38.1. The van der Waals surface area contributed by atoms with E-state index in [0.29, 0.717) is 18.1 Å². The third kappa shape index (κ3) is 2.74. The van der Waals surface area contributed by atoms with Crippen molar-refractivity contribution in [2.45, 2.75) is 49.6 Å². The molecule has 0 aromatic rings. The highest BCUT2D eigenvalue weighted by atomic mass is 16.7. The van der Waals surface area contributed by atoms with Gasteiger partial charge in [-0.25, -0.2) is 0 Å². The molecule has 3 rings (SSSR count). The largest absolute Gasteiger partial charge is 0.347 e. The van der Waals surface area contributed by atoms with Gasteiger partial charge in [-0.15, -0.1) is 0 Å². The number of hydrogen-bond acceptors (Lipinski definition) is 5. The molecule has 0 bridgehead atoms. The first-order valence-corrected chi connectivity index (χ1v) is 7.99. The van der Waals surface area contributed by atoms with Crippen LogP contribution in [0.15, 0.2) is 0 Å². The van der Waals surface area contributed by atoms with Crippen LogP contribution in [-0.4, -0.2) is 81.2 Å². The Morgan fingerprint density at radius 2 is 1.95 bits per heavy atom. The standard InChI is InChI=1S/C15H29N3O2/c1-16-13-4-6-15(19-8-9-20-15)10-14(13)18-7-5-12(11-18)17(2)3/h12-14,16H,4-11H2,1-3H3. The Hall–Kier alpha value is -0.200. The minimum Gasteiger partial charge on any atom is -0.347 e. The van der Waals surface area contributed by atoms with Crippen LogP contribution in [0.25, 0.3) is 0 Å². The highest BCUT2D eigenvalue weighted by molar-refractivity contribution is 4.98. The molecule has 2 saturated heterocycles. The zero-order valence-electron chi connectivity index (χ0n) is 13.1. The Morgan fingerprint density at radius 1 is 1.20 bits per heavy atom. The Kier molecular flexibility index (Phi) is 4.34. The van der Waals surface area contributed by atoms with E-state index in [-0.39, 0.29) is 5.79 Å². The van der Waals surface area contributed by atoms with Gasteiger partial charge in [0.15, 0.2) is 5.79 Å². The monoisotopic (exact) mass is 283 g/mol. The first kappa shape index (κ1) is 14.7. The van der Waals surface area contributed by atoms with E-state index in [2.05, 4.69) is 36.3 Å². The summed E-state index contributed by atoms with van der Waals surface area (Å²) < 4.78 is 11.9. The van der Waals surface area contributed by atoms with E-state index in [0.717, 1.165) is 32.5 Å². The van der Waals surface area contributed by atoms with Crippen LogP contribution in [0.1, 0.15) is 25.7 Å².